The van der Waals surface area contributed by atoms with Crippen LogP contribution in [0.15, 0.2) is 59.8 Å². The van der Waals surface area contributed by atoms with Crippen molar-refractivity contribution in [2.45, 2.75) is 5.51 Å². The fraction of sp³-hybridized carbons (Fsp3) is 0.105. The summed E-state index contributed by atoms with van der Waals surface area (Å²) < 4.78 is 41.2. The van der Waals surface area contributed by atoms with Crippen LogP contribution in [0.2, 0.25) is 0 Å². The van der Waals surface area contributed by atoms with Gasteiger partial charge in [0.1, 0.15) is 0 Å². The first-order chi connectivity index (χ1) is 13.3. The SMILES string of the molecule is Cn1cc(-c2cnc3ccc4ccc(NSC(F)(F)F)cc4c(=O)c3c2)cn1. The second kappa shape index (κ2) is 6.83. The Morgan fingerprint density at radius 3 is 2.54 bits per heavy atom. The van der Waals surface area contributed by atoms with Crippen LogP contribution in [0.25, 0.3) is 32.8 Å². The van der Waals surface area contributed by atoms with Crippen LogP contribution in [0.1, 0.15) is 0 Å². The summed E-state index contributed by atoms with van der Waals surface area (Å²) in [5.74, 6) is 0. The van der Waals surface area contributed by atoms with Gasteiger partial charge in [-0.1, -0.05) is 12.1 Å². The third-order valence-corrected chi connectivity index (χ3v) is 4.77. The summed E-state index contributed by atoms with van der Waals surface area (Å²) in [7, 11) is 1.79. The molecule has 5 nitrogen and oxygen atoms in total. The van der Waals surface area contributed by atoms with Crippen LogP contribution in [0.5, 0.6) is 0 Å². The zero-order chi connectivity index (χ0) is 19.9. The van der Waals surface area contributed by atoms with E-state index in [0.29, 0.717) is 21.7 Å². The molecule has 2 heterocycles. The number of fused-ring (bicyclic) bond motifs is 2. The first kappa shape index (κ1) is 18.3. The summed E-state index contributed by atoms with van der Waals surface area (Å²) in [5, 5.41) is 5.44. The lowest BCUT2D eigenvalue weighted by Gasteiger charge is -2.08. The van der Waals surface area contributed by atoms with E-state index in [9.17, 15) is 18.0 Å². The number of hydrogen-bond donors (Lipinski definition) is 1. The van der Waals surface area contributed by atoms with Crippen LogP contribution in [0.4, 0.5) is 18.9 Å². The number of nitrogens with zero attached hydrogens (tertiary/aromatic N) is 3. The van der Waals surface area contributed by atoms with Crippen molar-refractivity contribution in [3.05, 3.63) is 65.2 Å². The van der Waals surface area contributed by atoms with Gasteiger partial charge < -0.3 is 4.72 Å². The van der Waals surface area contributed by atoms with Crippen LogP contribution < -0.4 is 10.2 Å². The fourth-order valence-electron chi connectivity index (χ4n) is 2.91. The number of halogens is 3. The average molecular weight is 402 g/mol. The summed E-state index contributed by atoms with van der Waals surface area (Å²) >= 11 is -0.370. The van der Waals surface area contributed by atoms with Crippen molar-refractivity contribution in [3.63, 3.8) is 0 Å². The number of hydrogen-bond acceptors (Lipinski definition) is 5. The molecule has 0 saturated heterocycles. The number of anilines is 1. The Bertz CT molecular complexity index is 1250. The van der Waals surface area contributed by atoms with Gasteiger partial charge in [-0.3, -0.25) is 14.5 Å². The van der Waals surface area contributed by atoms with Crippen molar-refractivity contribution in [1.82, 2.24) is 14.8 Å². The molecule has 0 amide bonds. The van der Waals surface area contributed by atoms with Crippen molar-refractivity contribution in [2.75, 3.05) is 4.72 Å². The number of aryl methyl sites for hydroxylation is 1. The maximum Gasteiger partial charge on any atom is 0.461 e. The van der Waals surface area contributed by atoms with Gasteiger partial charge in [-0.25, -0.2) is 0 Å². The first-order valence-corrected chi connectivity index (χ1v) is 8.98. The Morgan fingerprint density at radius 2 is 1.82 bits per heavy atom. The molecule has 0 atom stereocenters. The lowest BCUT2D eigenvalue weighted by atomic mass is 10.1. The van der Waals surface area contributed by atoms with Crippen molar-refractivity contribution >= 4 is 39.3 Å². The van der Waals surface area contributed by atoms with Crippen molar-refractivity contribution in [1.29, 1.82) is 0 Å². The van der Waals surface area contributed by atoms with Gasteiger partial charge in [0, 0.05) is 47.0 Å². The van der Waals surface area contributed by atoms with Crippen LogP contribution in [0.3, 0.4) is 0 Å². The van der Waals surface area contributed by atoms with Crippen molar-refractivity contribution < 1.29 is 13.2 Å². The standard InChI is InChI=1S/C19H13F3N4OS/c1-26-10-13(9-24-26)12-6-16-17(23-8-12)5-3-11-2-4-14(7-15(11)18(16)27)25-28-19(20,21)22/h2-10,25H,1H3. The van der Waals surface area contributed by atoms with Crippen LogP contribution in [-0.2, 0) is 7.05 Å². The van der Waals surface area contributed by atoms with Gasteiger partial charge in [0.25, 0.3) is 0 Å². The number of benzene rings is 1. The molecule has 28 heavy (non-hydrogen) atoms. The molecule has 4 aromatic rings. The minimum atomic E-state index is -4.42. The van der Waals surface area contributed by atoms with Crippen LogP contribution in [0, 0.1) is 0 Å². The van der Waals surface area contributed by atoms with E-state index in [0.717, 1.165) is 11.1 Å². The molecule has 0 aliphatic heterocycles. The number of nitrogens with one attached hydrogen (secondary N) is 1. The van der Waals surface area contributed by atoms with Gasteiger partial charge in [-0.05, 0) is 29.7 Å². The van der Waals surface area contributed by atoms with Gasteiger partial charge in [0.05, 0.1) is 23.7 Å². The lowest BCUT2D eigenvalue weighted by Crippen LogP contribution is -2.05. The molecule has 0 bridgehead atoms. The summed E-state index contributed by atoms with van der Waals surface area (Å²) in [4.78, 5) is 17.5. The molecule has 0 spiro atoms. The van der Waals surface area contributed by atoms with Gasteiger partial charge in [0.2, 0.25) is 0 Å². The summed E-state index contributed by atoms with van der Waals surface area (Å²) in [6.07, 6.45) is 5.14. The Balaban J connectivity index is 1.88. The number of rotatable bonds is 3. The van der Waals surface area contributed by atoms with E-state index >= 15 is 0 Å². The fourth-order valence-corrected chi connectivity index (χ4v) is 3.27. The number of aromatic nitrogens is 3. The van der Waals surface area contributed by atoms with Gasteiger partial charge in [0.15, 0.2) is 5.43 Å². The molecule has 4 rings (SSSR count). The summed E-state index contributed by atoms with van der Waals surface area (Å²) in [6.45, 7) is 0. The zero-order valence-corrected chi connectivity index (χ0v) is 15.3. The van der Waals surface area contributed by atoms with E-state index in [1.807, 2.05) is 6.20 Å². The minimum absolute atomic E-state index is 0.197. The van der Waals surface area contributed by atoms with E-state index in [-0.39, 0.29) is 23.1 Å². The summed E-state index contributed by atoms with van der Waals surface area (Å²) in [5.41, 5.74) is -2.47. The number of pyridine rings is 1. The highest BCUT2D eigenvalue weighted by molar-refractivity contribution is 8.01. The lowest BCUT2D eigenvalue weighted by molar-refractivity contribution is -0.0323. The third-order valence-electron chi connectivity index (χ3n) is 4.20. The van der Waals surface area contributed by atoms with Gasteiger partial charge in [-0.2, -0.15) is 18.3 Å². The molecule has 0 radical (unpaired) electrons. The predicted molar refractivity (Wildman–Crippen MR) is 105 cm³/mol. The largest absolute Gasteiger partial charge is 0.461 e. The van der Waals surface area contributed by atoms with Crippen LogP contribution >= 0.6 is 11.9 Å². The van der Waals surface area contributed by atoms with Gasteiger partial charge >= 0.3 is 5.51 Å². The average Bonchev–Trinajstić information content (AvgIpc) is 3.04. The smallest absolute Gasteiger partial charge is 0.323 e. The van der Waals surface area contributed by atoms with Gasteiger partial charge in [-0.15, -0.1) is 0 Å². The van der Waals surface area contributed by atoms with E-state index in [4.69, 9.17) is 0 Å². The Kier molecular flexibility index (Phi) is 4.46. The highest BCUT2D eigenvalue weighted by atomic mass is 32.2. The van der Waals surface area contributed by atoms with E-state index in [2.05, 4.69) is 14.8 Å². The third kappa shape index (κ3) is 3.65. The van der Waals surface area contributed by atoms with E-state index in [1.54, 1.807) is 48.4 Å². The Hall–Kier alpha value is -3.07. The quantitative estimate of drug-likeness (QED) is 0.502. The molecule has 2 aromatic carbocycles. The molecule has 0 aliphatic rings. The van der Waals surface area contributed by atoms with E-state index < -0.39 is 5.51 Å². The second-order valence-electron chi connectivity index (χ2n) is 6.17. The first-order valence-electron chi connectivity index (χ1n) is 8.17. The predicted octanol–water partition coefficient (Wildman–Crippen LogP) is 4.73. The molecule has 0 saturated carbocycles. The second-order valence-corrected chi connectivity index (χ2v) is 7.04. The summed E-state index contributed by atoms with van der Waals surface area (Å²) in [6, 6.07) is 9.72. The molecular weight excluding hydrogens is 389 g/mol. The maximum atomic E-state index is 13.1. The number of alkyl halides is 3. The Labute approximate surface area is 161 Å². The Morgan fingerprint density at radius 1 is 1.04 bits per heavy atom. The van der Waals surface area contributed by atoms with Crippen LogP contribution in [-0.4, -0.2) is 20.3 Å². The highest BCUT2D eigenvalue weighted by Gasteiger charge is 2.28. The zero-order valence-electron chi connectivity index (χ0n) is 14.5. The molecule has 0 fully saturated rings. The maximum absolute atomic E-state index is 13.1. The molecular formula is C19H13F3N4OS. The molecule has 142 valence electrons. The minimum Gasteiger partial charge on any atom is -0.323 e. The normalized spacial score (nSPS) is 11.9. The monoisotopic (exact) mass is 402 g/mol. The molecule has 0 aliphatic carbocycles. The molecule has 1 N–H and O–H groups in total. The molecule has 9 heteroatoms. The van der Waals surface area contributed by atoms with E-state index in [1.165, 1.54) is 12.1 Å². The molecule has 2 aromatic heterocycles. The highest BCUT2D eigenvalue weighted by Crippen LogP contribution is 2.31. The van der Waals surface area contributed by atoms with Crippen molar-refractivity contribution in [2.24, 2.45) is 7.05 Å². The topological polar surface area (TPSA) is 59.8 Å². The molecule has 0 unspecified atom stereocenters. The van der Waals surface area contributed by atoms with Crippen molar-refractivity contribution in [3.8, 4) is 11.1 Å².